The van der Waals surface area contributed by atoms with Crippen LogP contribution in [-0.2, 0) is 4.79 Å². The molecule has 0 heterocycles. The normalized spacial score (nSPS) is 12.1. The predicted octanol–water partition coefficient (Wildman–Crippen LogP) is 4.72. The summed E-state index contributed by atoms with van der Waals surface area (Å²) in [7, 11) is 0. The van der Waals surface area contributed by atoms with Crippen LogP contribution in [0.25, 0.3) is 5.57 Å². The van der Waals surface area contributed by atoms with Gasteiger partial charge in [-0.25, -0.2) is 4.39 Å². The molecular weight excluding hydrogens is 310 g/mol. The van der Waals surface area contributed by atoms with Crippen LogP contribution in [0.15, 0.2) is 54.6 Å². The standard InChI is InChI=1S/C17H13F4NO/c1-11-7-8-13(9-15(11)18)22-16(23)10-14(17(19,20)21)12-5-3-2-4-6-12/h2-10H,1H3,(H,22,23)/b14-10-. The fraction of sp³-hybridized carbons (Fsp3) is 0.118. The van der Waals surface area contributed by atoms with Gasteiger partial charge in [0.15, 0.2) is 0 Å². The number of rotatable bonds is 3. The van der Waals surface area contributed by atoms with Crippen LogP contribution in [0.4, 0.5) is 23.2 Å². The summed E-state index contributed by atoms with van der Waals surface area (Å²) in [5.74, 6) is -1.53. The van der Waals surface area contributed by atoms with Crippen molar-refractivity contribution in [3.63, 3.8) is 0 Å². The molecule has 0 aliphatic carbocycles. The van der Waals surface area contributed by atoms with Gasteiger partial charge in [0.1, 0.15) is 5.82 Å². The van der Waals surface area contributed by atoms with Crippen LogP contribution in [0.1, 0.15) is 11.1 Å². The number of amides is 1. The quantitative estimate of drug-likeness (QED) is 0.643. The maximum Gasteiger partial charge on any atom is 0.417 e. The highest BCUT2D eigenvalue weighted by molar-refractivity contribution is 6.04. The van der Waals surface area contributed by atoms with E-state index in [-0.39, 0.29) is 11.3 Å². The Morgan fingerprint density at radius 2 is 1.74 bits per heavy atom. The Morgan fingerprint density at radius 3 is 2.30 bits per heavy atom. The first-order chi connectivity index (χ1) is 10.8. The van der Waals surface area contributed by atoms with E-state index >= 15 is 0 Å². The number of hydrogen-bond acceptors (Lipinski definition) is 1. The van der Waals surface area contributed by atoms with E-state index in [9.17, 15) is 22.4 Å². The summed E-state index contributed by atoms with van der Waals surface area (Å²) in [4.78, 5) is 11.8. The molecule has 0 aliphatic rings. The predicted molar refractivity (Wildman–Crippen MR) is 80.2 cm³/mol. The SMILES string of the molecule is Cc1ccc(NC(=O)/C=C(/c2ccccc2)C(F)(F)F)cc1F. The van der Waals surface area contributed by atoms with Gasteiger partial charge in [-0.05, 0) is 30.2 Å². The first-order valence-electron chi connectivity index (χ1n) is 6.69. The van der Waals surface area contributed by atoms with Crippen molar-refractivity contribution in [3.8, 4) is 0 Å². The molecule has 23 heavy (non-hydrogen) atoms. The fourth-order valence-corrected chi connectivity index (χ4v) is 1.93. The van der Waals surface area contributed by atoms with Crippen LogP contribution in [-0.4, -0.2) is 12.1 Å². The number of halogens is 4. The summed E-state index contributed by atoms with van der Waals surface area (Å²) >= 11 is 0. The Morgan fingerprint density at radius 1 is 1.09 bits per heavy atom. The molecule has 0 saturated heterocycles. The zero-order valence-electron chi connectivity index (χ0n) is 12.1. The second kappa shape index (κ2) is 6.64. The van der Waals surface area contributed by atoms with Gasteiger partial charge in [0.25, 0.3) is 0 Å². The lowest BCUT2D eigenvalue weighted by Crippen LogP contribution is -2.16. The number of carbonyl (C=O) groups is 1. The lowest BCUT2D eigenvalue weighted by atomic mass is 10.1. The van der Waals surface area contributed by atoms with E-state index in [2.05, 4.69) is 5.32 Å². The average molecular weight is 323 g/mol. The number of carbonyl (C=O) groups excluding carboxylic acids is 1. The van der Waals surface area contributed by atoms with Crippen molar-refractivity contribution in [2.24, 2.45) is 0 Å². The molecule has 0 aromatic heterocycles. The van der Waals surface area contributed by atoms with Crippen LogP contribution in [0.3, 0.4) is 0 Å². The summed E-state index contributed by atoms with van der Waals surface area (Å²) in [6.07, 6.45) is -4.22. The molecule has 2 rings (SSSR count). The first kappa shape index (κ1) is 16.7. The summed E-state index contributed by atoms with van der Waals surface area (Å²) in [5, 5.41) is 2.23. The van der Waals surface area contributed by atoms with Crippen molar-refractivity contribution >= 4 is 17.2 Å². The fourth-order valence-electron chi connectivity index (χ4n) is 1.93. The number of benzene rings is 2. The summed E-state index contributed by atoms with van der Waals surface area (Å²) in [6, 6.07) is 10.9. The van der Waals surface area contributed by atoms with Crippen molar-refractivity contribution in [2.75, 3.05) is 5.32 Å². The number of alkyl halides is 3. The van der Waals surface area contributed by atoms with Crippen LogP contribution in [0, 0.1) is 12.7 Å². The summed E-state index contributed by atoms with van der Waals surface area (Å²) in [5.41, 5.74) is -0.726. The van der Waals surface area contributed by atoms with Gasteiger partial charge in [0, 0.05) is 11.8 Å². The van der Waals surface area contributed by atoms with Crippen molar-refractivity contribution in [3.05, 3.63) is 71.6 Å². The van der Waals surface area contributed by atoms with Gasteiger partial charge < -0.3 is 5.32 Å². The smallest absolute Gasteiger partial charge is 0.322 e. The number of hydrogen-bond donors (Lipinski definition) is 1. The van der Waals surface area contributed by atoms with Gasteiger partial charge >= 0.3 is 6.18 Å². The molecule has 120 valence electrons. The monoisotopic (exact) mass is 323 g/mol. The van der Waals surface area contributed by atoms with Crippen LogP contribution >= 0.6 is 0 Å². The summed E-state index contributed by atoms with van der Waals surface area (Å²) in [6.45, 7) is 1.54. The minimum atomic E-state index is -4.68. The lowest BCUT2D eigenvalue weighted by Gasteiger charge is -2.12. The van der Waals surface area contributed by atoms with Gasteiger partial charge in [0.2, 0.25) is 5.91 Å². The van der Waals surface area contributed by atoms with E-state index < -0.39 is 23.5 Å². The molecule has 0 atom stereocenters. The molecule has 2 nitrogen and oxygen atoms in total. The molecule has 0 aliphatic heterocycles. The summed E-state index contributed by atoms with van der Waals surface area (Å²) < 4.78 is 52.7. The van der Waals surface area contributed by atoms with Crippen LogP contribution in [0.2, 0.25) is 0 Å². The van der Waals surface area contributed by atoms with E-state index in [4.69, 9.17) is 0 Å². The molecule has 2 aromatic rings. The topological polar surface area (TPSA) is 29.1 Å². The third-order valence-corrected chi connectivity index (χ3v) is 3.10. The van der Waals surface area contributed by atoms with E-state index in [1.165, 1.54) is 43.3 Å². The maximum absolute atomic E-state index is 13.4. The lowest BCUT2D eigenvalue weighted by molar-refractivity contribution is -0.112. The first-order valence-corrected chi connectivity index (χ1v) is 6.69. The Labute approximate surface area is 130 Å². The van der Waals surface area contributed by atoms with E-state index in [1.54, 1.807) is 6.07 Å². The second-order valence-electron chi connectivity index (χ2n) is 4.88. The maximum atomic E-state index is 13.4. The van der Waals surface area contributed by atoms with Gasteiger partial charge in [-0.2, -0.15) is 13.2 Å². The minimum Gasteiger partial charge on any atom is -0.322 e. The third-order valence-electron chi connectivity index (χ3n) is 3.10. The zero-order valence-corrected chi connectivity index (χ0v) is 12.1. The molecule has 0 fully saturated rings. The minimum absolute atomic E-state index is 0.0870. The third kappa shape index (κ3) is 4.42. The molecule has 6 heteroatoms. The second-order valence-corrected chi connectivity index (χ2v) is 4.88. The molecule has 1 N–H and O–H groups in total. The molecular formula is C17H13F4NO. The van der Waals surface area contributed by atoms with E-state index in [0.717, 1.165) is 6.07 Å². The molecule has 0 radical (unpaired) electrons. The molecule has 0 unspecified atom stereocenters. The molecule has 0 bridgehead atoms. The Balaban J connectivity index is 2.28. The van der Waals surface area contributed by atoms with E-state index in [1.807, 2.05) is 0 Å². The molecule has 0 saturated carbocycles. The Hall–Kier alpha value is -2.63. The zero-order chi connectivity index (χ0) is 17.0. The highest BCUT2D eigenvalue weighted by Gasteiger charge is 2.35. The molecule has 2 aromatic carbocycles. The van der Waals surface area contributed by atoms with Gasteiger partial charge in [0.05, 0.1) is 5.57 Å². The van der Waals surface area contributed by atoms with Gasteiger partial charge in [-0.3, -0.25) is 4.79 Å². The van der Waals surface area contributed by atoms with Crippen LogP contribution < -0.4 is 5.32 Å². The number of aryl methyl sites for hydroxylation is 1. The number of nitrogens with one attached hydrogen (secondary N) is 1. The molecule has 1 amide bonds. The van der Waals surface area contributed by atoms with Crippen molar-refractivity contribution in [1.82, 2.24) is 0 Å². The number of anilines is 1. The van der Waals surface area contributed by atoms with E-state index in [0.29, 0.717) is 11.6 Å². The largest absolute Gasteiger partial charge is 0.417 e. The number of allylic oxidation sites excluding steroid dienone is 1. The Bertz CT molecular complexity index is 736. The van der Waals surface area contributed by atoms with Crippen molar-refractivity contribution in [2.45, 2.75) is 13.1 Å². The van der Waals surface area contributed by atoms with Crippen LogP contribution in [0.5, 0.6) is 0 Å². The van der Waals surface area contributed by atoms with Crippen molar-refractivity contribution in [1.29, 1.82) is 0 Å². The van der Waals surface area contributed by atoms with Gasteiger partial charge in [-0.15, -0.1) is 0 Å². The van der Waals surface area contributed by atoms with Gasteiger partial charge in [-0.1, -0.05) is 36.4 Å². The highest BCUT2D eigenvalue weighted by atomic mass is 19.4. The molecule has 0 spiro atoms. The average Bonchev–Trinajstić information content (AvgIpc) is 2.48. The highest BCUT2D eigenvalue weighted by Crippen LogP contribution is 2.33. The van der Waals surface area contributed by atoms with Crippen molar-refractivity contribution < 1.29 is 22.4 Å². The Kier molecular flexibility index (Phi) is 4.83.